The van der Waals surface area contributed by atoms with Crippen LogP contribution in [-0.2, 0) is 20.9 Å². The molecule has 1 N–H and O–H groups in total. The van der Waals surface area contributed by atoms with Crippen molar-refractivity contribution in [2.75, 3.05) is 20.7 Å². The van der Waals surface area contributed by atoms with Crippen LogP contribution in [0.4, 0.5) is 4.79 Å². The van der Waals surface area contributed by atoms with Crippen molar-refractivity contribution in [1.82, 2.24) is 20.2 Å². The van der Waals surface area contributed by atoms with Crippen molar-refractivity contribution in [3.05, 3.63) is 59.9 Å². The van der Waals surface area contributed by atoms with Crippen LogP contribution in [-0.4, -0.2) is 65.9 Å². The van der Waals surface area contributed by atoms with E-state index in [-0.39, 0.29) is 30.2 Å². The zero-order valence-corrected chi connectivity index (χ0v) is 18.7. The average Bonchev–Trinajstić information content (AvgIpc) is 3.35. The van der Waals surface area contributed by atoms with Gasteiger partial charge in [0, 0.05) is 37.5 Å². The molecule has 0 spiro atoms. The van der Waals surface area contributed by atoms with Crippen LogP contribution < -0.4 is 5.32 Å². The number of hydroxylamine groups is 2. The number of hydrogen-bond donors (Lipinski definition) is 1. The topological polar surface area (TPSA) is 74.3 Å². The van der Waals surface area contributed by atoms with E-state index in [4.69, 9.17) is 9.57 Å². The van der Waals surface area contributed by atoms with Crippen molar-refractivity contribution < 1.29 is 19.2 Å². The summed E-state index contributed by atoms with van der Waals surface area (Å²) < 4.78 is 5.74. The molecule has 2 fully saturated rings. The van der Waals surface area contributed by atoms with Crippen molar-refractivity contribution >= 4 is 12.0 Å². The summed E-state index contributed by atoms with van der Waals surface area (Å²) in [7, 11) is 4.24. The number of ether oxygens (including phenoxy) is 1. The third-order valence-electron chi connectivity index (χ3n) is 7.26. The molecule has 1 aromatic rings. The lowest BCUT2D eigenvalue weighted by Gasteiger charge is -2.34. The van der Waals surface area contributed by atoms with Crippen LogP contribution in [0.15, 0.2) is 54.4 Å². The maximum Gasteiger partial charge on any atom is 0.408 e. The molecule has 5 atom stereocenters. The van der Waals surface area contributed by atoms with E-state index in [1.807, 2.05) is 30.3 Å². The van der Waals surface area contributed by atoms with Gasteiger partial charge in [-0.3, -0.25) is 9.63 Å². The highest BCUT2D eigenvalue weighted by molar-refractivity contribution is 5.86. The molecule has 4 aliphatic rings. The van der Waals surface area contributed by atoms with Crippen LogP contribution in [0.2, 0.25) is 0 Å². The minimum absolute atomic E-state index is 0.0129. The van der Waals surface area contributed by atoms with Gasteiger partial charge in [-0.25, -0.2) is 9.86 Å². The summed E-state index contributed by atoms with van der Waals surface area (Å²) in [6.45, 7) is 2.73. The summed E-state index contributed by atoms with van der Waals surface area (Å²) in [6.07, 6.45) is 7.56. The van der Waals surface area contributed by atoms with E-state index in [1.54, 1.807) is 0 Å². The predicted molar refractivity (Wildman–Crippen MR) is 118 cm³/mol. The van der Waals surface area contributed by atoms with Gasteiger partial charge in [0.25, 0.3) is 5.91 Å². The van der Waals surface area contributed by atoms with E-state index in [0.717, 1.165) is 12.0 Å². The minimum atomic E-state index is -0.730. The Balaban J connectivity index is 1.17. The third-order valence-corrected chi connectivity index (χ3v) is 7.26. The molecule has 0 bridgehead atoms. The Kier molecular flexibility index (Phi) is 5.12. The summed E-state index contributed by atoms with van der Waals surface area (Å²) in [4.78, 5) is 35.3. The minimum Gasteiger partial charge on any atom is -0.446 e. The molecule has 3 heterocycles. The number of carbonyl (C=O) groups excluding carboxylic acids is 2. The number of fused-ring (bicyclic) bond motifs is 3. The fourth-order valence-electron chi connectivity index (χ4n) is 5.72. The van der Waals surface area contributed by atoms with Gasteiger partial charge in [0.15, 0.2) is 0 Å². The van der Waals surface area contributed by atoms with Crippen molar-refractivity contribution in [2.45, 2.75) is 44.6 Å². The van der Waals surface area contributed by atoms with Crippen molar-refractivity contribution in [1.29, 1.82) is 0 Å². The molecule has 32 heavy (non-hydrogen) atoms. The molecule has 170 valence electrons. The molecule has 2 amide bonds. The van der Waals surface area contributed by atoms with Crippen LogP contribution >= 0.6 is 0 Å². The lowest BCUT2D eigenvalue weighted by molar-refractivity contribution is -0.164. The van der Waals surface area contributed by atoms with Gasteiger partial charge < -0.3 is 19.9 Å². The Morgan fingerprint density at radius 2 is 2.06 bits per heavy atom. The van der Waals surface area contributed by atoms with Gasteiger partial charge in [0.05, 0.1) is 6.54 Å². The Morgan fingerprint density at radius 1 is 1.28 bits per heavy atom. The first-order chi connectivity index (χ1) is 15.4. The van der Waals surface area contributed by atoms with E-state index in [1.165, 1.54) is 10.8 Å². The number of amides is 2. The first-order valence-electron chi connectivity index (χ1n) is 11.2. The maximum absolute atomic E-state index is 12.6. The molecule has 8 heteroatoms. The highest BCUT2D eigenvalue weighted by Gasteiger charge is 2.56. The second-order valence-electron chi connectivity index (χ2n) is 9.37. The number of nitrogens with one attached hydrogen (secondary N) is 1. The van der Waals surface area contributed by atoms with Gasteiger partial charge in [-0.05, 0) is 18.2 Å². The van der Waals surface area contributed by atoms with Gasteiger partial charge in [-0.15, -0.1) is 0 Å². The third kappa shape index (κ3) is 3.43. The number of rotatable bonds is 4. The van der Waals surface area contributed by atoms with Crippen LogP contribution in [0.5, 0.6) is 0 Å². The van der Waals surface area contributed by atoms with Crippen LogP contribution in [0, 0.1) is 11.3 Å². The molecule has 2 saturated heterocycles. The fraction of sp³-hybridized carbons (Fsp3) is 0.500. The fourth-order valence-corrected chi connectivity index (χ4v) is 5.72. The predicted octanol–water partition coefficient (Wildman–Crippen LogP) is 2.45. The van der Waals surface area contributed by atoms with E-state index in [2.05, 4.69) is 54.5 Å². The summed E-state index contributed by atoms with van der Waals surface area (Å²) >= 11 is 0. The van der Waals surface area contributed by atoms with E-state index < -0.39 is 12.1 Å². The second kappa shape index (κ2) is 7.85. The Morgan fingerprint density at radius 3 is 2.84 bits per heavy atom. The van der Waals surface area contributed by atoms with Gasteiger partial charge >= 0.3 is 6.09 Å². The van der Waals surface area contributed by atoms with Gasteiger partial charge in [0.1, 0.15) is 24.9 Å². The van der Waals surface area contributed by atoms with Crippen LogP contribution in [0.3, 0.4) is 0 Å². The van der Waals surface area contributed by atoms with E-state index in [0.29, 0.717) is 18.9 Å². The molecule has 1 aliphatic carbocycles. The van der Waals surface area contributed by atoms with Gasteiger partial charge in [-0.2, -0.15) is 0 Å². The average molecular weight is 439 g/mol. The van der Waals surface area contributed by atoms with Crippen molar-refractivity contribution in [3.8, 4) is 0 Å². The number of alkyl carbamates (subject to hydrolysis) is 1. The Bertz CT molecular complexity index is 964. The van der Waals surface area contributed by atoms with Crippen molar-refractivity contribution in [2.24, 2.45) is 11.3 Å². The zero-order chi connectivity index (χ0) is 22.5. The summed E-state index contributed by atoms with van der Waals surface area (Å²) in [5, 5.41) is 3.99. The Hall–Kier alpha value is -3.00. The first kappa shape index (κ1) is 20.9. The molecule has 8 nitrogen and oxygen atoms in total. The molecule has 0 saturated carbocycles. The smallest absolute Gasteiger partial charge is 0.408 e. The van der Waals surface area contributed by atoms with Crippen molar-refractivity contribution in [3.63, 3.8) is 0 Å². The summed E-state index contributed by atoms with van der Waals surface area (Å²) in [6, 6.07) is 8.88. The molecular weight excluding hydrogens is 408 g/mol. The highest BCUT2D eigenvalue weighted by atomic mass is 16.7. The number of hydrogen-bond acceptors (Lipinski definition) is 6. The normalized spacial score (nSPS) is 33.3. The standard InChI is InChI=1S/C24H30N4O4/c1-24-11-12-26(2)22(24)27(3)20-10-9-17(13-18(20)24)32-23(30)25-19-15-31-28(21(19)29)14-16-7-5-4-6-8-16/h4-8,10-12,17-19,22H,9,13-15H2,1-3H3,(H,25,30)/t17?,18?,19-,22?,24?/m1/s1. The SMILES string of the molecule is CN1C=CC2(C)C3CC(OC(=O)N[C@@H]4CON(Cc5ccccc5)C4=O)CC=C3N(C)C12. The van der Waals surface area contributed by atoms with Crippen LogP contribution in [0.25, 0.3) is 0 Å². The number of benzene rings is 1. The molecule has 3 aliphatic heterocycles. The van der Waals surface area contributed by atoms with Gasteiger partial charge in [0.2, 0.25) is 0 Å². The molecule has 0 radical (unpaired) electrons. The highest BCUT2D eigenvalue weighted by Crippen LogP contribution is 2.55. The molecule has 1 aromatic carbocycles. The largest absolute Gasteiger partial charge is 0.446 e. The van der Waals surface area contributed by atoms with E-state index >= 15 is 0 Å². The van der Waals surface area contributed by atoms with Gasteiger partial charge in [-0.1, -0.05) is 49.4 Å². The lowest BCUT2D eigenvalue weighted by Crippen LogP contribution is -2.44. The van der Waals surface area contributed by atoms with Crippen LogP contribution in [0.1, 0.15) is 25.3 Å². The molecule has 0 aromatic heterocycles. The number of allylic oxidation sites excluding steroid dienone is 1. The quantitative estimate of drug-likeness (QED) is 0.779. The number of carbonyl (C=O) groups is 2. The monoisotopic (exact) mass is 438 g/mol. The zero-order valence-electron chi connectivity index (χ0n) is 18.7. The molecular formula is C24H30N4O4. The summed E-state index contributed by atoms with van der Waals surface area (Å²) in [5.41, 5.74) is 2.28. The molecule has 4 unspecified atom stereocenters. The Labute approximate surface area is 188 Å². The molecule has 5 rings (SSSR count). The second-order valence-corrected chi connectivity index (χ2v) is 9.37. The maximum atomic E-state index is 12.6. The van der Waals surface area contributed by atoms with E-state index in [9.17, 15) is 9.59 Å². The lowest BCUT2D eigenvalue weighted by atomic mass is 9.73. The number of nitrogens with zero attached hydrogens (tertiary/aromatic N) is 3. The first-order valence-corrected chi connectivity index (χ1v) is 11.2. The summed E-state index contributed by atoms with van der Waals surface area (Å²) in [5.74, 6) is 0.0339. The number of likely N-dealkylation sites (tertiary alicyclic amines) is 1.